The molecule has 6 heteroatoms. The van der Waals surface area contributed by atoms with Crippen molar-refractivity contribution < 1.29 is 19.7 Å². The summed E-state index contributed by atoms with van der Waals surface area (Å²) in [6, 6.07) is 16.8. The fraction of sp³-hybridized carbons (Fsp3) is 0.350. The van der Waals surface area contributed by atoms with Gasteiger partial charge in [-0.15, -0.1) is 0 Å². The lowest BCUT2D eigenvalue weighted by Crippen LogP contribution is -2.48. The van der Waals surface area contributed by atoms with E-state index in [9.17, 15) is 9.90 Å². The van der Waals surface area contributed by atoms with Crippen molar-refractivity contribution in [2.24, 2.45) is 0 Å². The highest BCUT2D eigenvalue weighted by atomic mass is 16.5. The average molecular weight is 358 g/mol. The molecule has 0 fully saturated rings. The van der Waals surface area contributed by atoms with E-state index in [1.165, 1.54) is 0 Å². The minimum absolute atomic E-state index is 0.307. The van der Waals surface area contributed by atoms with E-state index in [0.717, 1.165) is 23.3 Å². The Morgan fingerprint density at radius 3 is 2.54 bits per heavy atom. The number of aliphatic hydroxyl groups is 1. The van der Waals surface area contributed by atoms with E-state index in [2.05, 4.69) is 10.6 Å². The van der Waals surface area contributed by atoms with Crippen molar-refractivity contribution >= 4 is 6.09 Å². The molecule has 0 saturated heterocycles. The minimum atomic E-state index is -1.14. The standard InChI is InChI=1S/C20H26N2O4/c1-26-17-9-5-8-16(12-17)10-11-21-14-19(23)18(22-20(24)25)13-15-6-3-2-4-7-15/h2-9,12,18-19,21-23H,10-11,13-14H2,1H3,(H,24,25). The molecule has 0 heterocycles. The zero-order valence-electron chi connectivity index (χ0n) is 14.9. The van der Waals surface area contributed by atoms with Gasteiger partial charge < -0.3 is 25.6 Å². The number of amides is 1. The molecule has 0 aliphatic rings. The van der Waals surface area contributed by atoms with Crippen LogP contribution in [-0.2, 0) is 12.8 Å². The Balaban J connectivity index is 1.82. The van der Waals surface area contributed by atoms with E-state index in [1.807, 2.05) is 54.6 Å². The molecule has 1 amide bonds. The Morgan fingerprint density at radius 2 is 1.85 bits per heavy atom. The molecule has 0 aliphatic carbocycles. The highest BCUT2D eigenvalue weighted by Gasteiger charge is 2.21. The predicted octanol–water partition coefficient (Wildman–Crippen LogP) is 2.07. The molecule has 2 rings (SSSR count). The number of rotatable bonds is 10. The SMILES string of the molecule is COc1cccc(CCNCC(O)C(Cc2ccccc2)NC(=O)O)c1. The van der Waals surface area contributed by atoms with Crippen molar-refractivity contribution in [2.75, 3.05) is 20.2 Å². The number of hydrogen-bond donors (Lipinski definition) is 4. The second kappa shape index (κ2) is 10.4. The maximum absolute atomic E-state index is 11.0. The average Bonchev–Trinajstić information content (AvgIpc) is 2.65. The van der Waals surface area contributed by atoms with E-state index in [-0.39, 0.29) is 0 Å². The normalized spacial score (nSPS) is 13.0. The Labute approximate surface area is 153 Å². The molecule has 0 bridgehead atoms. The summed E-state index contributed by atoms with van der Waals surface area (Å²) < 4.78 is 5.20. The van der Waals surface area contributed by atoms with Crippen LogP contribution in [0.15, 0.2) is 54.6 Å². The van der Waals surface area contributed by atoms with Crippen LogP contribution in [0.3, 0.4) is 0 Å². The van der Waals surface area contributed by atoms with E-state index in [1.54, 1.807) is 7.11 Å². The van der Waals surface area contributed by atoms with Gasteiger partial charge in [0.25, 0.3) is 0 Å². The van der Waals surface area contributed by atoms with Crippen molar-refractivity contribution in [2.45, 2.75) is 25.0 Å². The van der Waals surface area contributed by atoms with Gasteiger partial charge in [0.1, 0.15) is 5.75 Å². The first kappa shape index (κ1) is 19.8. The molecule has 2 unspecified atom stereocenters. The third kappa shape index (κ3) is 6.74. The molecule has 0 aromatic heterocycles. The number of carbonyl (C=O) groups is 1. The van der Waals surface area contributed by atoms with Crippen LogP contribution >= 0.6 is 0 Å². The molecule has 0 saturated carbocycles. The van der Waals surface area contributed by atoms with Crippen LogP contribution in [0, 0.1) is 0 Å². The number of hydrogen-bond acceptors (Lipinski definition) is 4. The van der Waals surface area contributed by atoms with Gasteiger partial charge in [0, 0.05) is 6.54 Å². The summed E-state index contributed by atoms with van der Waals surface area (Å²) in [6.07, 6.45) is -0.733. The van der Waals surface area contributed by atoms with Gasteiger partial charge in [-0.25, -0.2) is 4.79 Å². The van der Waals surface area contributed by atoms with Gasteiger partial charge >= 0.3 is 6.09 Å². The van der Waals surface area contributed by atoms with Crippen LogP contribution in [0.25, 0.3) is 0 Å². The lowest BCUT2D eigenvalue weighted by Gasteiger charge is -2.23. The van der Waals surface area contributed by atoms with Crippen LogP contribution in [0.5, 0.6) is 5.75 Å². The maximum atomic E-state index is 11.0. The van der Waals surface area contributed by atoms with Crippen molar-refractivity contribution in [3.8, 4) is 5.75 Å². The van der Waals surface area contributed by atoms with E-state index in [4.69, 9.17) is 9.84 Å². The summed E-state index contributed by atoms with van der Waals surface area (Å²) >= 11 is 0. The molecule has 0 spiro atoms. The first-order valence-corrected chi connectivity index (χ1v) is 8.63. The molecule has 2 aromatic rings. The second-order valence-corrected chi connectivity index (χ2v) is 6.12. The van der Waals surface area contributed by atoms with Gasteiger partial charge in [0.2, 0.25) is 0 Å². The summed E-state index contributed by atoms with van der Waals surface area (Å²) in [5.74, 6) is 0.816. The van der Waals surface area contributed by atoms with E-state index in [0.29, 0.717) is 19.5 Å². The van der Waals surface area contributed by atoms with Crippen molar-refractivity contribution in [1.29, 1.82) is 0 Å². The van der Waals surface area contributed by atoms with Gasteiger partial charge in [-0.05, 0) is 42.6 Å². The number of methoxy groups -OCH3 is 1. The molecule has 6 nitrogen and oxygen atoms in total. The van der Waals surface area contributed by atoms with Gasteiger partial charge in [-0.1, -0.05) is 42.5 Å². The van der Waals surface area contributed by atoms with Crippen molar-refractivity contribution in [3.63, 3.8) is 0 Å². The Hall–Kier alpha value is -2.57. The molecular formula is C20H26N2O4. The Kier molecular flexibility index (Phi) is 7.92. The zero-order valence-corrected chi connectivity index (χ0v) is 14.9. The lowest BCUT2D eigenvalue weighted by molar-refractivity contribution is 0.118. The topological polar surface area (TPSA) is 90.8 Å². The Bertz CT molecular complexity index is 679. The molecule has 2 atom stereocenters. The molecule has 26 heavy (non-hydrogen) atoms. The lowest BCUT2D eigenvalue weighted by atomic mass is 10.0. The summed E-state index contributed by atoms with van der Waals surface area (Å²) in [6.45, 7) is 0.983. The minimum Gasteiger partial charge on any atom is -0.497 e. The highest BCUT2D eigenvalue weighted by Crippen LogP contribution is 2.12. The van der Waals surface area contributed by atoms with Crippen molar-refractivity contribution in [3.05, 3.63) is 65.7 Å². The number of carboxylic acid groups (broad SMARTS) is 1. The third-order valence-corrected chi connectivity index (χ3v) is 4.15. The molecule has 2 aromatic carbocycles. The molecular weight excluding hydrogens is 332 g/mol. The third-order valence-electron chi connectivity index (χ3n) is 4.15. The summed E-state index contributed by atoms with van der Waals surface area (Å²) in [5, 5.41) is 25.0. The number of ether oxygens (including phenoxy) is 1. The molecule has 0 aliphatic heterocycles. The molecule has 4 N–H and O–H groups in total. The van der Waals surface area contributed by atoms with Crippen LogP contribution in [0.2, 0.25) is 0 Å². The first-order valence-electron chi connectivity index (χ1n) is 8.63. The van der Waals surface area contributed by atoms with E-state index < -0.39 is 18.2 Å². The smallest absolute Gasteiger partial charge is 0.404 e. The largest absolute Gasteiger partial charge is 0.497 e. The maximum Gasteiger partial charge on any atom is 0.404 e. The fourth-order valence-corrected chi connectivity index (χ4v) is 2.76. The predicted molar refractivity (Wildman–Crippen MR) is 101 cm³/mol. The zero-order chi connectivity index (χ0) is 18.8. The van der Waals surface area contributed by atoms with Crippen LogP contribution in [-0.4, -0.2) is 48.7 Å². The Morgan fingerprint density at radius 1 is 1.12 bits per heavy atom. The summed E-state index contributed by atoms with van der Waals surface area (Å²) in [4.78, 5) is 11.0. The highest BCUT2D eigenvalue weighted by molar-refractivity contribution is 5.65. The summed E-state index contributed by atoms with van der Waals surface area (Å²) in [7, 11) is 1.63. The number of nitrogens with one attached hydrogen (secondary N) is 2. The van der Waals surface area contributed by atoms with Gasteiger partial charge in [0.15, 0.2) is 0 Å². The van der Waals surface area contributed by atoms with Gasteiger partial charge in [-0.3, -0.25) is 0 Å². The molecule has 0 radical (unpaired) electrons. The van der Waals surface area contributed by atoms with Crippen LogP contribution in [0.4, 0.5) is 4.79 Å². The van der Waals surface area contributed by atoms with Crippen molar-refractivity contribution in [1.82, 2.24) is 10.6 Å². The van der Waals surface area contributed by atoms with Crippen LogP contribution < -0.4 is 15.4 Å². The van der Waals surface area contributed by atoms with Gasteiger partial charge in [-0.2, -0.15) is 0 Å². The number of aliphatic hydroxyl groups excluding tert-OH is 1. The first-order chi connectivity index (χ1) is 12.6. The van der Waals surface area contributed by atoms with Crippen LogP contribution in [0.1, 0.15) is 11.1 Å². The number of benzene rings is 2. The van der Waals surface area contributed by atoms with Gasteiger partial charge in [0.05, 0.1) is 19.3 Å². The second-order valence-electron chi connectivity index (χ2n) is 6.12. The fourth-order valence-electron chi connectivity index (χ4n) is 2.76. The monoisotopic (exact) mass is 358 g/mol. The molecule has 140 valence electrons. The summed E-state index contributed by atoms with van der Waals surface area (Å²) in [5.41, 5.74) is 2.11. The quantitative estimate of drug-likeness (QED) is 0.488. The van der Waals surface area contributed by atoms with E-state index >= 15 is 0 Å².